The summed E-state index contributed by atoms with van der Waals surface area (Å²) in [6, 6.07) is 9.72. The predicted molar refractivity (Wildman–Crippen MR) is 107 cm³/mol. The standard InChI is InChI=1S/C21H26N4O3/c1-14-15(2)25(16-4-6-18(28-3)7-5-16)21(19(14)12-22)23-20(27)13-24-10-8-17(26)9-11-24/h4-7,17,26H,8-11,13H2,1-3H3,(H,23,27). The van der Waals surface area contributed by atoms with Gasteiger partial charge in [-0.3, -0.25) is 14.3 Å². The number of piperidine rings is 1. The van der Waals surface area contributed by atoms with Crippen molar-refractivity contribution in [3.8, 4) is 17.5 Å². The second-order valence-corrected chi connectivity index (χ2v) is 7.13. The molecule has 0 atom stereocenters. The topological polar surface area (TPSA) is 90.5 Å². The molecule has 1 aliphatic heterocycles. The number of carbonyl (C=O) groups excluding carboxylic acids is 1. The summed E-state index contributed by atoms with van der Waals surface area (Å²) in [6.45, 7) is 5.44. The van der Waals surface area contributed by atoms with Crippen LogP contribution in [0.25, 0.3) is 5.69 Å². The molecule has 1 aromatic carbocycles. The number of aliphatic hydroxyl groups is 1. The lowest BCUT2D eigenvalue weighted by Gasteiger charge is -2.28. The first-order valence-electron chi connectivity index (χ1n) is 9.41. The smallest absolute Gasteiger partial charge is 0.239 e. The first kappa shape index (κ1) is 19.9. The molecule has 7 heteroatoms. The van der Waals surface area contributed by atoms with Gasteiger partial charge < -0.3 is 15.2 Å². The Balaban J connectivity index is 1.87. The molecule has 1 amide bonds. The molecule has 28 heavy (non-hydrogen) atoms. The van der Waals surface area contributed by atoms with E-state index in [1.54, 1.807) is 7.11 Å². The SMILES string of the molecule is COc1ccc(-n2c(C)c(C)c(C#N)c2NC(=O)CN2CCC(O)CC2)cc1. The highest BCUT2D eigenvalue weighted by atomic mass is 16.5. The Labute approximate surface area is 165 Å². The summed E-state index contributed by atoms with van der Waals surface area (Å²) in [5, 5.41) is 22.2. The third-order valence-electron chi connectivity index (χ3n) is 5.34. The summed E-state index contributed by atoms with van der Waals surface area (Å²) in [6.07, 6.45) is 1.08. The van der Waals surface area contributed by atoms with Crippen LogP contribution >= 0.6 is 0 Å². The molecule has 2 N–H and O–H groups in total. The molecular formula is C21H26N4O3. The second kappa shape index (κ2) is 8.46. The number of aliphatic hydroxyl groups excluding tert-OH is 1. The number of hydrogen-bond donors (Lipinski definition) is 2. The number of amides is 1. The molecular weight excluding hydrogens is 356 g/mol. The minimum Gasteiger partial charge on any atom is -0.497 e. The average Bonchev–Trinajstić information content (AvgIpc) is 2.93. The molecule has 2 heterocycles. The van der Waals surface area contributed by atoms with Crippen molar-refractivity contribution >= 4 is 11.7 Å². The average molecular weight is 382 g/mol. The third kappa shape index (κ3) is 4.03. The monoisotopic (exact) mass is 382 g/mol. The number of methoxy groups -OCH3 is 1. The van der Waals surface area contributed by atoms with E-state index in [2.05, 4.69) is 11.4 Å². The second-order valence-electron chi connectivity index (χ2n) is 7.13. The predicted octanol–water partition coefficient (Wildman–Crippen LogP) is 2.37. The van der Waals surface area contributed by atoms with E-state index in [1.807, 2.05) is 47.6 Å². The van der Waals surface area contributed by atoms with Gasteiger partial charge >= 0.3 is 0 Å². The van der Waals surface area contributed by atoms with Gasteiger partial charge in [0.25, 0.3) is 0 Å². The van der Waals surface area contributed by atoms with Crippen molar-refractivity contribution in [2.75, 3.05) is 32.1 Å². The van der Waals surface area contributed by atoms with Gasteiger partial charge in [0.15, 0.2) is 0 Å². The fourth-order valence-corrected chi connectivity index (χ4v) is 3.57. The number of benzene rings is 1. The summed E-state index contributed by atoms with van der Waals surface area (Å²) in [7, 11) is 1.61. The first-order chi connectivity index (χ1) is 13.4. The van der Waals surface area contributed by atoms with E-state index in [4.69, 9.17) is 4.74 Å². The lowest BCUT2D eigenvalue weighted by Crippen LogP contribution is -2.40. The molecule has 0 saturated carbocycles. The van der Waals surface area contributed by atoms with Crippen molar-refractivity contribution in [1.29, 1.82) is 5.26 Å². The minimum atomic E-state index is -0.276. The number of ether oxygens (including phenoxy) is 1. The van der Waals surface area contributed by atoms with Gasteiger partial charge in [-0.25, -0.2) is 0 Å². The van der Waals surface area contributed by atoms with Crippen LogP contribution in [-0.2, 0) is 4.79 Å². The van der Waals surface area contributed by atoms with E-state index in [0.717, 1.165) is 22.7 Å². The number of anilines is 1. The maximum atomic E-state index is 12.7. The molecule has 1 fully saturated rings. The van der Waals surface area contributed by atoms with E-state index in [1.165, 1.54) is 0 Å². The highest BCUT2D eigenvalue weighted by molar-refractivity contribution is 5.93. The van der Waals surface area contributed by atoms with Gasteiger partial charge in [0.2, 0.25) is 5.91 Å². The van der Waals surface area contributed by atoms with Gasteiger partial charge in [-0.1, -0.05) is 0 Å². The quantitative estimate of drug-likeness (QED) is 0.829. The number of rotatable bonds is 5. The van der Waals surface area contributed by atoms with Gasteiger partial charge in [0.1, 0.15) is 17.6 Å². The van der Waals surface area contributed by atoms with Crippen LogP contribution in [0.3, 0.4) is 0 Å². The van der Waals surface area contributed by atoms with Crippen molar-refractivity contribution in [1.82, 2.24) is 9.47 Å². The number of nitriles is 1. The molecule has 3 rings (SSSR count). The van der Waals surface area contributed by atoms with E-state index < -0.39 is 0 Å². The Morgan fingerprint density at radius 3 is 2.50 bits per heavy atom. The summed E-state index contributed by atoms with van der Waals surface area (Å²) >= 11 is 0. The van der Waals surface area contributed by atoms with Crippen LogP contribution in [0.2, 0.25) is 0 Å². The maximum Gasteiger partial charge on any atom is 0.239 e. The van der Waals surface area contributed by atoms with Gasteiger partial charge in [0, 0.05) is 24.5 Å². The zero-order valence-corrected chi connectivity index (χ0v) is 16.5. The maximum absolute atomic E-state index is 12.7. The van der Waals surface area contributed by atoms with Crippen LogP contribution < -0.4 is 10.1 Å². The molecule has 1 saturated heterocycles. The fourth-order valence-electron chi connectivity index (χ4n) is 3.57. The van der Waals surface area contributed by atoms with Gasteiger partial charge in [-0.15, -0.1) is 0 Å². The minimum absolute atomic E-state index is 0.167. The zero-order valence-electron chi connectivity index (χ0n) is 16.5. The van der Waals surface area contributed by atoms with E-state index in [-0.39, 0.29) is 18.6 Å². The molecule has 0 radical (unpaired) electrons. The Hall–Kier alpha value is -2.82. The summed E-state index contributed by atoms with van der Waals surface area (Å²) in [5.41, 5.74) is 3.06. The van der Waals surface area contributed by atoms with Crippen molar-refractivity contribution in [3.05, 3.63) is 41.1 Å². The van der Waals surface area contributed by atoms with E-state index in [9.17, 15) is 15.2 Å². The highest BCUT2D eigenvalue weighted by Gasteiger charge is 2.23. The van der Waals surface area contributed by atoms with E-state index in [0.29, 0.717) is 37.3 Å². The molecule has 7 nitrogen and oxygen atoms in total. The number of carbonyl (C=O) groups is 1. The van der Waals surface area contributed by atoms with E-state index >= 15 is 0 Å². The number of hydrogen-bond acceptors (Lipinski definition) is 5. The summed E-state index contributed by atoms with van der Waals surface area (Å²) < 4.78 is 7.11. The van der Waals surface area contributed by atoms with Crippen molar-refractivity contribution in [3.63, 3.8) is 0 Å². The number of nitrogens with one attached hydrogen (secondary N) is 1. The van der Waals surface area contributed by atoms with Gasteiger partial charge in [0.05, 0.1) is 25.3 Å². The summed E-state index contributed by atoms with van der Waals surface area (Å²) in [4.78, 5) is 14.7. The van der Waals surface area contributed by atoms with Crippen molar-refractivity contribution in [2.24, 2.45) is 0 Å². The van der Waals surface area contributed by atoms with Crippen LogP contribution in [0, 0.1) is 25.2 Å². The van der Waals surface area contributed by atoms with Gasteiger partial charge in [-0.05, 0) is 56.5 Å². The van der Waals surface area contributed by atoms with Crippen LogP contribution in [0.15, 0.2) is 24.3 Å². The number of aromatic nitrogens is 1. The first-order valence-corrected chi connectivity index (χ1v) is 9.41. The van der Waals surface area contributed by atoms with Crippen molar-refractivity contribution < 1.29 is 14.6 Å². The lowest BCUT2D eigenvalue weighted by atomic mass is 10.1. The van der Waals surface area contributed by atoms with Crippen molar-refractivity contribution in [2.45, 2.75) is 32.8 Å². The summed E-state index contributed by atoms with van der Waals surface area (Å²) in [5.74, 6) is 1.06. The molecule has 148 valence electrons. The normalized spacial score (nSPS) is 15.2. The van der Waals surface area contributed by atoms with Crippen LogP contribution in [0.1, 0.15) is 29.7 Å². The molecule has 0 spiro atoms. The fraction of sp³-hybridized carbons (Fsp3) is 0.429. The van der Waals surface area contributed by atoms with Gasteiger partial charge in [-0.2, -0.15) is 5.26 Å². The third-order valence-corrected chi connectivity index (χ3v) is 5.34. The molecule has 0 bridgehead atoms. The van der Waals surface area contributed by atoms with Crippen LogP contribution in [0.5, 0.6) is 5.75 Å². The molecule has 0 aliphatic carbocycles. The lowest BCUT2D eigenvalue weighted by molar-refractivity contribution is -0.117. The molecule has 1 aromatic heterocycles. The molecule has 1 aliphatic rings. The largest absolute Gasteiger partial charge is 0.497 e. The Morgan fingerprint density at radius 2 is 1.93 bits per heavy atom. The molecule has 2 aromatic rings. The Kier molecular flexibility index (Phi) is 6.02. The number of nitrogens with zero attached hydrogens (tertiary/aromatic N) is 3. The Morgan fingerprint density at radius 1 is 1.29 bits per heavy atom. The number of likely N-dealkylation sites (tertiary alicyclic amines) is 1. The molecule has 0 unspecified atom stereocenters. The highest BCUT2D eigenvalue weighted by Crippen LogP contribution is 2.30. The Bertz CT molecular complexity index is 888. The van der Waals surface area contributed by atoms with Crippen LogP contribution in [-0.4, -0.2) is 53.3 Å². The zero-order chi connectivity index (χ0) is 20.3. The van der Waals surface area contributed by atoms with Crippen LogP contribution in [0.4, 0.5) is 5.82 Å².